The predicted molar refractivity (Wildman–Crippen MR) is 71.7 cm³/mol. The van der Waals surface area contributed by atoms with E-state index in [1.54, 1.807) is 6.07 Å². The highest BCUT2D eigenvalue weighted by atomic mass is 79.9. The molecule has 18 heavy (non-hydrogen) atoms. The van der Waals surface area contributed by atoms with Crippen LogP contribution < -0.4 is 5.32 Å². The van der Waals surface area contributed by atoms with E-state index in [0.717, 1.165) is 18.9 Å². The molecule has 0 fully saturated rings. The number of nitrogens with one attached hydrogen (secondary N) is 1. The van der Waals surface area contributed by atoms with Gasteiger partial charge >= 0.3 is 6.18 Å². The molecule has 0 aliphatic carbocycles. The average Bonchev–Trinajstić information content (AvgIpc) is 2.30. The molecule has 0 saturated carbocycles. The molecule has 0 amide bonds. The Morgan fingerprint density at radius 1 is 1.22 bits per heavy atom. The van der Waals surface area contributed by atoms with Crippen LogP contribution in [0.1, 0.15) is 32.3 Å². The highest BCUT2D eigenvalue weighted by Crippen LogP contribution is 2.36. The number of hydrogen-bond donors (Lipinski definition) is 1. The summed E-state index contributed by atoms with van der Waals surface area (Å²) in [7, 11) is 0. The maximum atomic E-state index is 12.9. The van der Waals surface area contributed by atoms with Gasteiger partial charge in [0.15, 0.2) is 0 Å². The lowest BCUT2D eigenvalue weighted by Crippen LogP contribution is -2.16. The summed E-state index contributed by atoms with van der Waals surface area (Å²) in [4.78, 5) is 0. The lowest BCUT2D eigenvalue weighted by Gasteiger charge is -2.18. The van der Waals surface area contributed by atoms with Crippen LogP contribution in [0.3, 0.4) is 0 Å². The molecule has 102 valence electrons. The first-order chi connectivity index (χ1) is 8.38. The Morgan fingerprint density at radius 3 is 2.33 bits per heavy atom. The van der Waals surface area contributed by atoms with Crippen LogP contribution in [0.25, 0.3) is 0 Å². The summed E-state index contributed by atoms with van der Waals surface area (Å²) < 4.78 is 39.0. The van der Waals surface area contributed by atoms with Crippen LogP contribution in [-0.2, 0) is 6.18 Å². The summed E-state index contributed by atoms with van der Waals surface area (Å²) >= 11 is 3.07. The maximum absolute atomic E-state index is 12.9. The Bertz CT molecular complexity index is 386. The first-order valence-electron chi connectivity index (χ1n) is 5.99. The molecule has 1 N–H and O–H groups in total. The number of alkyl halides is 3. The summed E-state index contributed by atoms with van der Waals surface area (Å²) in [6.07, 6.45) is -2.41. The summed E-state index contributed by atoms with van der Waals surface area (Å²) in [6, 6.07) is 4.19. The van der Waals surface area contributed by atoms with Gasteiger partial charge in [0.05, 0.1) is 5.56 Å². The van der Waals surface area contributed by atoms with Gasteiger partial charge in [-0.2, -0.15) is 13.2 Å². The van der Waals surface area contributed by atoms with Gasteiger partial charge in [0, 0.05) is 16.7 Å². The molecule has 0 radical (unpaired) electrons. The monoisotopic (exact) mass is 323 g/mol. The van der Waals surface area contributed by atoms with Gasteiger partial charge in [-0.15, -0.1) is 0 Å². The van der Waals surface area contributed by atoms with Crippen molar-refractivity contribution < 1.29 is 13.2 Å². The van der Waals surface area contributed by atoms with Gasteiger partial charge in [0.1, 0.15) is 0 Å². The van der Waals surface area contributed by atoms with Crippen LogP contribution in [0.5, 0.6) is 0 Å². The zero-order chi connectivity index (χ0) is 13.8. The molecule has 0 atom stereocenters. The highest BCUT2D eigenvalue weighted by molar-refractivity contribution is 9.10. The Balaban J connectivity index is 2.88. The smallest absolute Gasteiger partial charge is 0.384 e. The van der Waals surface area contributed by atoms with Crippen molar-refractivity contribution >= 4 is 21.6 Å². The Labute approximate surface area is 114 Å². The maximum Gasteiger partial charge on any atom is 0.418 e. The molecule has 0 aliphatic heterocycles. The van der Waals surface area contributed by atoms with Crippen LogP contribution in [-0.4, -0.2) is 6.54 Å². The molecule has 0 aromatic heterocycles. The van der Waals surface area contributed by atoms with E-state index in [1.165, 1.54) is 6.07 Å². The van der Waals surface area contributed by atoms with Gasteiger partial charge in [0.25, 0.3) is 0 Å². The van der Waals surface area contributed by atoms with Crippen LogP contribution in [0.4, 0.5) is 18.9 Å². The second-order valence-electron chi connectivity index (χ2n) is 4.25. The van der Waals surface area contributed by atoms with E-state index < -0.39 is 11.7 Å². The predicted octanol–water partition coefficient (Wildman–Crippen LogP) is 5.32. The minimum absolute atomic E-state index is 0.151. The van der Waals surface area contributed by atoms with E-state index in [9.17, 15) is 13.2 Å². The van der Waals surface area contributed by atoms with E-state index in [-0.39, 0.29) is 5.69 Å². The minimum atomic E-state index is -4.33. The molecule has 1 aromatic carbocycles. The molecule has 0 saturated heterocycles. The van der Waals surface area contributed by atoms with Crippen molar-refractivity contribution in [3.8, 4) is 0 Å². The number of benzene rings is 1. The van der Waals surface area contributed by atoms with Crippen molar-refractivity contribution in [3.63, 3.8) is 0 Å². The van der Waals surface area contributed by atoms with Crippen molar-refractivity contribution in [2.45, 2.75) is 32.9 Å². The Kier molecular flexibility index (Phi) is 5.50. The second-order valence-corrected chi connectivity index (χ2v) is 5.17. The van der Waals surface area contributed by atoms with Gasteiger partial charge in [-0.05, 0) is 24.1 Å². The van der Waals surface area contributed by atoms with E-state index in [2.05, 4.69) is 21.2 Å². The van der Waals surface area contributed by atoms with Crippen molar-refractivity contribution in [3.05, 3.63) is 28.2 Å². The fourth-order valence-corrected chi connectivity index (χ4v) is 2.10. The van der Waals surface area contributed by atoms with E-state index in [4.69, 9.17) is 0 Å². The lowest BCUT2D eigenvalue weighted by atomic mass is 10.0. The molecular weight excluding hydrogens is 307 g/mol. The zero-order valence-electron chi connectivity index (χ0n) is 10.4. The second kappa shape index (κ2) is 6.45. The third-order valence-electron chi connectivity index (χ3n) is 3.02. The normalized spacial score (nSPS) is 11.9. The molecule has 1 aromatic rings. The van der Waals surface area contributed by atoms with Crippen LogP contribution in [0.2, 0.25) is 0 Å². The Morgan fingerprint density at radius 2 is 1.83 bits per heavy atom. The van der Waals surface area contributed by atoms with Gasteiger partial charge in [0.2, 0.25) is 0 Å². The fourth-order valence-electron chi connectivity index (χ4n) is 1.74. The van der Waals surface area contributed by atoms with E-state index in [0.29, 0.717) is 16.9 Å². The molecule has 0 bridgehead atoms. The van der Waals surface area contributed by atoms with Gasteiger partial charge in [-0.1, -0.05) is 42.6 Å². The summed E-state index contributed by atoms with van der Waals surface area (Å²) in [5, 5.41) is 2.91. The summed E-state index contributed by atoms with van der Waals surface area (Å²) in [5.74, 6) is 0.398. The largest absolute Gasteiger partial charge is 0.418 e. The van der Waals surface area contributed by atoms with Gasteiger partial charge < -0.3 is 5.32 Å². The van der Waals surface area contributed by atoms with Crippen LogP contribution in [0.15, 0.2) is 22.7 Å². The molecule has 1 nitrogen and oxygen atoms in total. The third-order valence-corrected chi connectivity index (χ3v) is 3.52. The number of anilines is 1. The quantitative estimate of drug-likeness (QED) is 0.773. The van der Waals surface area contributed by atoms with Gasteiger partial charge in [-0.25, -0.2) is 0 Å². The van der Waals surface area contributed by atoms with Crippen LogP contribution >= 0.6 is 15.9 Å². The summed E-state index contributed by atoms with van der Waals surface area (Å²) in [6.45, 7) is 4.65. The number of hydrogen-bond acceptors (Lipinski definition) is 1. The van der Waals surface area contributed by atoms with Crippen molar-refractivity contribution in [2.75, 3.05) is 11.9 Å². The molecule has 5 heteroatoms. The molecule has 0 spiro atoms. The zero-order valence-corrected chi connectivity index (χ0v) is 12.0. The lowest BCUT2D eigenvalue weighted by molar-refractivity contribution is -0.137. The summed E-state index contributed by atoms with van der Waals surface area (Å²) in [5.41, 5.74) is -0.472. The third kappa shape index (κ3) is 4.19. The van der Waals surface area contributed by atoms with Crippen molar-refractivity contribution in [1.29, 1.82) is 0 Å². The number of rotatable bonds is 5. The molecular formula is C13H17BrF3N. The molecule has 0 unspecified atom stereocenters. The molecule has 0 heterocycles. The average molecular weight is 324 g/mol. The SMILES string of the molecule is CCC(CC)CNc1ccc(Br)cc1C(F)(F)F. The standard InChI is InChI=1S/C13H17BrF3N/c1-3-9(4-2)8-18-12-6-5-10(14)7-11(12)13(15,16)17/h5-7,9,18H,3-4,8H2,1-2H3. The van der Waals surface area contributed by atoms with E-state index >= 15 is 0 Å². The van der Waals surface area contributed by atoms with Gasteiger partial charge in [-0.3, -0.25) is 0 Å². The van der Waals surface area contributed by atoms with Crippen molar-refractivity contribution in [2.24, 2.45) is 5.92 Å². The fraction of sp³-hybridized carbons (Fsp3) is 0.538. The Hall–Kier alpha value is -0.710. The number of halogens is 4. The first-order valence-corrected chi connectivity index (χ1v) is 6.78. The van der Waals surface area contributed by atoms with Crippen molar-refractivity contribution in [1.82, 2.24) is 0 Å². The molecule has 0 aliphatic rings. The highest BCUT2D eigenvalue weighted by Gasteiger charge is 2.33. The first kappa shape index (κ1) is 15.3. The van der Waals surface area contributed by atoms with Crippen LogP contribution in [0, 0.1) is 5.92 Å². The molecule has 1 rings (SSSR count). The van der Waals surface area contributed by atoms with E-state index in [1.807, 2.05) is 13.8 Å². The minimum Gasteiger partial charge on any atom is -0.384 e. The topological polar surface area (TPSA) is 12.0 Å².